The molecule has 0 saturated carbocycles. The number of thiophene rings is 1. The van der Waals surface area contributed by atoms with Gasteiger partial charge in [0.15, 0.2) is 0 Å². The molecule has 0 amide bonds. The van der Waals surface area contributed by atoms with Crippen molar-refractivity contribution in [2.75, 3.05) is 0 Å². The second-order valence-electron chi connectivity index (χ2n) is 1.83. The van der Waals surface area contributed by atoms with Crippen molar-refractivity contribution < 1.29 is 4.79 Å². The van der Waals surface area contributed by atoms with E-state index in [-0.39, 0.29) is 0 Å². The van der Waals surface area contributed by atoms with Crippen molar-refractivity contribution in [3.63, 3.8) is 0 Å². The first kappa shape index (κ1) is 7.19. The number of aryl methyl sites for hydroxylation is 1. The zero-order chi connectivity index (χ0) is 7.40. The highest BCUT2D eigenvalue weighted by Crippen LogP contribution is 2.21. The molecule has 0 spiro atoms. The Kier molecular flexibility index (Phi) is 2.37. The molecule has 0 aliphatic carbocycles. The number of hydrogen-bond donors (Lipinski definition) is 0. The maximum absolute atomic E-state index is 9.78. The van der Waals surface area contributed by atoms with Gasteiger partial charge in [0.25, 0.3) is 0 Å². The van der Waals surface area contributed by atoms with Crippen LogP contribution in [0.5, 0.6) is 0 Å². The van der Waals surface area contributed by atoms with Gasteiger partial charge in [-0.1, -0.05) is 6.92 Å². The van der Waals surface area contributed by atoms with E-state index in [9.17, 15) is 4.79 Å². The summed E-state index contributed by atoms with van der Waals surface area (Å²) in [5.74, 6) is 0. The van der Waals surface area contributed by atoms with Crippen LogP contribution in [0.1, 0.15) is 11.8 Å². The van der Waals surface area contributed by atoms with Crippen molar-refractivity contribution in [2.45, 2.75) is 13.3 Å². The molecule has 0 aliphatic heterocycles. The molecule has 10 heavy (non-hydrogen) atoms. The fraction of sp³-hybridized carbons (Fsp3) is 0.286. The van der Waals surface area contributed by atoms with Crippen molar-refractivity contribution in [1.29, 1.82) is 0 Å². The largest absolute Gasteiger partial charge is 0.240 e. The number of hydrogen-bond acceptors (Lipinski definition) is 3. The summed E-state index contributed by atoms with van der Waals surface area (Å²) in [5, 5.41) is 1.85. The average molecular weight is 153 g/mol. The number of aliphatic imine (C=N–C) groups is 1. The SMILES string of the molecule is CCc1cc(N=C=O)cs1. The van der Waals surface area contributed by atoms with E-state index in [2.05, 4.69) is 11.9 Å². The third-order valence-corrected chi connectivity index (χ3v) is 2.23. The Labute approximate surface area is 63.2 Å². The van der Waals surface area contributed by atoms with Gasteiger partial charge in [0, 0.05) is 10.3 Å². The smallest absolute Gasteiger partial charge is 0.211 e. The van der Waals surface area contributed by atoms with E-state index < -0.39 is 0 Å². The molecular weight excluding hydrogens is 146 g/mol. The van der Waals surface area contributed by atoms with Crippen molar-refractivity contribution in [3.8, 4) is 0 Å². The van der Waals surface area contributed by atoms with Crippen molar-refractivity contribution in [3.05, 3.63) is 16.3 Å². The van der Waals surface area contributed by atoms with Gasteiger partial charge in [-0.05, 0) is 12.5 Å². The first-order chi connectivity index (χ1) is 4.86. The average Bonchev–Trinajstić information content (AvgIpc) is 2.37. The number of nitrogens with zero attached hydrogens (tertiary/aromatic N) is 1. The second-order valence-corrected chi connectivity index (χ2v) is 2.82. The summed E-state index contributed by atoms with van der Waals surface area (Å²) in [6, 6.07) is 1.90. The van der Waals surface area contributed by atoms with Crippen LogP contribution in [0.4, 0.5) is 5.69 Å². The summed E-state index contributed by atoms with van der Waals surface area (Å²) >= 11 is 1.62. The number of rotatable bonds is 2. The van der Waals surface area contributed by atoms with E-state index in [1.165, 1.54) is 11.0 Å². The van der Waals surface area contributed by atoms with Crippen LogP contribution in [0.3, 0.4) is 0 Å². The molecule has 0 bridgehead atoms. The standard InChI is InChI=1S/C7H7NOS/c1-2-7-3-6(4-10-7)8-5-9/h3-4H,2H2,1H3. The minimum Gasteiger partial charge on any atom is -0.211 e. The molecule has 1 rings (SSSR count). The lowest BCUT2D eigenvalue weighted by atomic mass is 10.4. The Balaban J connectivity index is 2.87. The molecule has 52 valence electrons. The van der Waals surface area contributed by atoms with Crippen molar-refractivity contribution in [2.24, 2.45) is 4.99 Å². The zero-order valence-electron chi connectivity index (χ0n) is 5.63. The lowest BCUT2D eigenvalue weighted by molar-refractivity contribution is 0.565. The Morgan fingerprint density at radius 3 is 3.10 bits per heavy atom. The van der Waals surface area contributed by atoms with Gasteiger partial charge in [-0.2, -0.15) is 4.99 Å². The maximum atomic E-state index is 9.78. The highest BCUT2D eigenvalue weighted by molar-refractivity contribution is 7.10. The fourth-order valence-corrected chi connectivity index (χ4v) is 1.41. The molecule has 0 radical (unpaired) electrons. The van der Waals surface area contributed by atoms with Gasteiger partial charge >= 0.3 is 0 Å². The zero-order valence-corrected chi connectivity index (χ0v) is 6.44. The minimum atomic E-state index is 0.719. The molecule has 0 unspecified atom stereocenters. The third-order valence-electron chi connectivity index (χ3n) is 1.16. The van der Waals surface area contributed by atoms with E-state index in [4.69, 9.17) is 0 Å². The topological polar surface area (TPSA) is 29.4 Å². The summed E-state index contributed by atoms with van der Waals surface area (Å²) in [6.07, 6.45) is 2.50. The molecule has 1 aromatic rings. The van der Waals surface area contributed by atoms with Crippen LogP contribution in [-0.4, -0.2) is 6.08 Å². The Morgan fingerprint density at radius 2 is 2.60 bits per heavy atom. The van der Waals surface area contributed by atoms with E-state index >= 15 is 0 Å². The quantitative estimate of drug-likeness (QED) is 0.473. The number of carbonyl (C=O) groups excluding carboxylic acids is 1. The van der Waals surface area contributed by atoms with E-state index in [0.29, 0.717) is 0 Å². The van der Waals surface area contributed by atoms with Gasteiger partial charge in [0.05, 0.1) is 5.69 Å². The van der Waals surface area contributed by atoms with Crippen LogP contribution in [0.25, 0.3) is 0 Å². The third kappa shape index (κ3) is 1.53. The highest BCUT2D eigenvalue weighted by Gasteiger charge is 1.93. The van der Waals surface area contributed by atoms with Gasteiger partial charge in [-0.25, -0.2) is 4.79 Å². The Bertz CT molecular complexity index is 260. The summed E-state index contributed by atoms with van der Waals surface area (Å²) in [4.78, 5) is 14.5. The summed E-state index contributed by atoms with van der Waals surface area (Å²) < 4.78 is 0. The predicted octanol–water partition coefficient (Wildman–Crippen LogP) is 2.28. The van der Waals surface area contributed by atoms with E-state index in [1.54, 1.807) is 11.3 Å². The molecule has 0 atom stereocenters. The summed E-state index contributed by atoms with van der Waals surface area (Å²) in [5.41, 5.74) is 0.719. The monoisotopic (exact) mass is 153 g/mol. The molecule has 1 aromatic heterocycles. The lowest BCUT2D eigenvalue weighted by Crippen LogP contribution is -1.64. The molecule has 0 aliphatic rings. The van der Waals surface area contributed by atoms with E-state index in [0.717, 1.165) is 12.1 Å². The Morgan fingerprint density at radius 1 is 1.80 bits per heavy atom. The molecule has 3 heteroatoms. The minimum absolute atomic E-state index is 0.719. The van der Waals surface area contributed by atoms with Gasteiger partial charge < -0.3 is 0 Å². The van der Waals surface area contributed by atoms with Crippen molar-refractivity contribution >= 4 is 23.1 Å². The first-order valence-corrected chi connectivity index (χ1v) is 3.90. The normalized spacial score (nSPS) is 8.90. The van der Waals surface area contributed by atoms with E-state index in [1.807, 2.05) is 11.4 Å². The van der Waals surface area contributed by atoms with Crippen LogP contribution >= 0.6 is 11.3 Å². The molecule has 1 heterocycles. The first-order valence-electron chi connectivity index (χ1n) is 3.02. The molecule has 0 saturated heterocycles. The Hall–Kier alpha value is -0.920. The maximum Gasteiger partial charge on any atom is 0.240 e. The molecule has 2 nitrogen and oxygen atoms in total. The molecular formula is C7H7NOS. The molecule has 0 fully saturated rings. The molecule has 0 aromatic carbocycles. The van der Waals surface area contributed by atoms with Crippen LogP contribution in [0, 0.1) is 0 Å². The van der Waals surface area contributed by atoms with Gasteiger partial charge in [0.2, 0.25) is 6.08 Å². The van der Waals surface area contributed by atoms with Crippen molar-refractivity contribution in [1.82, 2.24) is 0 Å². The second kappa shape index (κ2) is 3.30. The number of isocyanates is 1. The van der Waals surface area contributed by atoms with Crippen LogP contribution < -0.4 is 0 Å². The van der Waals surface area contributed by atoms with Crippen LogP contribution in [0.2, 0.25) is 0 Å². The van der Waals surface area contributed by atoms with Gasteiger partial charge in [-0.15, -0.1) is 11.3 Å². The lowest BCUT2D eigenvalue weighted by Gasteiger charge is -1.79. The predicted molar refractivity (Wildman–Crippen MR) is 41.5 cm³/mol. The fourth-order valence-electron chi connectivity index (χ4n) is 0.666. The summed E-state index contributed by atoms with van der Waals surface area (Å²) in [6.45, 7) is 2.07. The summed E-state index contributed by atoms with van der Waals surface area (Å²) in [7, 11) is 0. The van der Waals surface area contributed by atoms with Gasteiger partial charge in [0.1, 0.15) is 0 Å². The van der Waals surface area contributed by atoms with Crippen LogP contribution in [-0.2, 0) is 11.2 Å². The molecule has 0 N–H and O–H groups in total. The van der Waals surface area contributed by atoms with Gasteiger partial charge in [-0.3, -0.25) is 0 Å². The van der Waals surface area contributed by atoms with Crippen LogP contribution in [0.15, 0.2) is 16.4 Å². The highest BCUT2D eigenvalue weighted by atomic mass is 32.1.